The van der Waals surface area contributed by atoms with Crippen LogP contribution >= 0.6 is 0 Å². The Kier molecular flexibility index (Phi) is 5.20. The topological polar surface area (TPSA) is 55.6 Å². The SMILES string of the molecule is COc1ccc(-c2ccc(C(=O)N3CCC(N)C(C)(C)C3)c(F)c2)c(F)c1. The molecule has 3 rings (SSSR count). The van der Waals surface area contributed by atoms with E-state index in [1.54, 1.807) is 17.0 Å². The van der Waals surface area contributed by atoms with Gasteiger partial charge in [0.1, 0.15) is 17.4 Å². The number of piperidine rings is 1. The summed E-state index contributed by atoms with van der Waals surface area (Å²) in [6.45, 7) is 4.98. The van der Waals surface area contributed by atoms with Crippen molar-refractivity contribution in [2.75, 3.05) is 20.2 Å². The minimum atomic E-state index is -0.666. The number of methoxy groups -OCH3 is 1. The van der Waals surface area contributed by atoms with E-state index in [1.807, 2.05) is 13.8 Å². The second-order valence-corrected chi connectivity index (χ2v) is 7.65. The second-order valence-electron chi connectivity index (χ2n) is 7.65. The summed E-state index contributed by atoms with van der Waals surface area (Å²) in [5, 5.41) is 0. The molecule has 4 nitrogen and oxygen atoms in total. The minimum Gasteiger partial charge on any atom is -0.497 e. The van der Waals surface area contributed by atoms with Crippen molar-refractivity contribution in [3.8, 4) is 16.9 Å². The number of likely N-dealkylation sites (tertiary alicyclic amines) is 1. The molecular weight excluding hydrogens is 350 g/mol. The molecule has 1 saturated heterocycles. The fourth-order valence-corrected chi connectivity index (χ4v) is 3.43. The van der Waals surface area contributed by atoms with Crippen LogP contribution in [0.15, 0.2) is 36.4 Å². The molecule has 2 aromatic rings. The first-order chi connectivity index (χ1) is 12.7. The third-order valence-corrected chi connectivity index (χ3v) is 5.29. The van der Waals surface area contributed by atoms with Crippen LogP contribution in [-0.2, 0) is 0 Å². The number of benzene rings is 2. The maximum atomic E-state index is 14.7. The van der Waals surface area contributed by atoms with Gasteiger partial charge in [-0.1, -0.05) is 19.9 Å². The van der Waals surface area contributed by atoms with Gasteiger partial charge in [-0.05, 0) is 41.7 Å². The van der Waals surface area contributed by atoms with E-state index in [2.05, 4.69) is 0 Å². The first kappa shape index (κ1) is 19.3. The first-order valence-corrected chi connectivity index (χ1v) is 8.91. The Hall–Kier alpha value is -2.47. The number of ether oxygens (including phenoxy) is 1. The van der Waals surface area contributed by atoms with Gasteiger partial charge in [0.15, 0.2) is 0 Å². The normalized spacial score (nSPS) is 19.0. The lowest BCUT2D eigenvalue weighted by molar-refractivity contribution is 0.0528. The first-order valence-electron chi connectivity index (χ1n) is 8.91. The van der Waals surface area contributed by atoms with Gasteiger partial charge in [-0.25, -0.2) is 8.78 Å². The standard InChI is InChI=1S/C21H24F2N2O2/c1-21(2)12-25(9-8-19(21)24)20(26)16-6-4-13(10-17(16)22)15-7-5-14(27-3)11-18(15)23/h4-7,10-11,19H,8-9,12,24H2,1-3H3. The number of nitrogens with zero attached hydrogens (tertiary/aromatic N) is 1. The third kappa shape index (κ3) is 3.81. The average Bonchev–Trinajstić information content (AvgIpc) is 2.63. The average molecular weight is 374 g/mol. The number of rotatable bonds is 3. The Morgan fingerprint density at radius 1 is 1.19 bits per heavy atom. The number of amides is 1. The molecule has 1 unspecified atom stereocenters. The molecule has 0 spiro atoms. The summed E-state index contributed by atoms with van der Waals surface area (Å²) in [6.07, 6.45) is 0.676. The Bertz CT molecular complexity index is 867. The molecule has 0 aliphatic carbocycles. The zero-order chi connectivity index (χ0) is 19.8. The number of hydrogen-bond donors (Lipinski definition) is 1. The molecule has 2 N–H and O–H groups in total. The van der Waals surface area contributed by atoms with E-state index in [0.29, 0.717) is 30.8 Å². The van der Waals surface area contributed by atoms with Crippen LogP contribution in [0.25, 0.3) is 11.1 Å². The van der Waals surface area contributed by atoms with Crippen LogP contribution in [0.2, 0.25) is 0 Å². The summed E-state index contributed by atoms with van der Waals surface area (Å²) < 4.78 is 33.9. The van der Waals surface area contributed by atoms with E-state index in [-0.39, 0.29) is 28.5 Å². The number of halogens is 2. The highest BCUT2D eigenvalue weighted by atomic mass is 19.1. The second kappa shape index (κ2) is 7.27. The number of nitrogens with two attached hydrogens (primary N) is 1. The molecule has 144 valence electrons. The maximum Gasteiger partial charge on any atom is 0.256 e. The zero-order valence-electron chi connectivity index (χ0n) is 15.8. The van der Waals surface area contributed by atoms with Gasteiger partial charge >= 0.3 is 0 Å². The highest BCUT2D eigenvalue weighted by Gasteiger charge is 2.36. The highest BCUT2D eigenvalue weighted by molar-refractivity contribution is 5.95. The van der Waals surface area contributed by atoms with Crippen molar-refractivity contribution >= 4 is 5.91 Å². The van der Waals surface area contributed by atoms with Gasteiger partial charge in [-0.3, -0.25) is 4.79 Å². The van der Waals surface area contributed by atoms with Crippen LogP contribution in [0.5, 0.6) is 5.75 Å². The monoisotopic (exact) mass is 374 g/mol. The molecule has 1 fully saturated rings. The third-order valence-electron chi connectivity index (χ3n) is 5.29. The van der Waals surface area contributed by atoms with Crippen molar-refractivity contribution in [2.45, 2.75) is 26.3 Å². The van der Waals surface area contributed by atoms with Gasteiger partial charge in [0, 0.05) is 30.8 Å². The van der Waals surface area contributed by atoms with Crippen molar-refractivity contribution in [3.63, 3.8) is 0 Å². The van der Waals surface area contributed by atoms with E-state index in [0.717, 1.165) is 0 Å². The molecule has 0 radical (unpaired) electrons. The maximum absolute atomic E-state index is 14.7. The van der Waals surface area contributed by atoms with E-state index in [9.17, 15) is 13.6 Å². The lowest BCUT2D eigenvalue weighted by Crippen LogP contribution is -2.54. The summed E-state index contributed by atoms with van der Waals surface area (Å²) in [5.74, 6) is -1.16. The van der Waals surface area contributed by atoms with Gasteiger partial charge in [0.05, 0.1) is 12.7 Å². The van der Waals surface area contributed by atoms with E-state index < -0.39 is 11.6 Å². The molecule has 27 heavy (non-hydrogen) atoms. The van der Waals surface area contributed by atoms with Crippen LogP contribution in [0, 0.1) is 17.0 Å². The van der Waals surface area contributed by atoms with E-state index >= 15 is 0 Å². The van der Waals surface area contributed by atoms with Gasteiger partial charge < -0.3 is 15.4 Å². The molecule has 0 bridgehead atoms. The summed E-state index contributed by atoms with van der Waals surface area (Å²) >= 11 is 0. The van der Waals surface area contributed by atoms with Crippen LogP contribution in [0.4, 0.5) is 8.78 Å². The molecule has 1 atom stereocenters. The van der Waals surface area contributed by atoms with Crippen molar-refractivity contribution in [1.82, 2.24) is 4.90 Å². The predicted molar refractivity (Wildman–Crippen MR) is 101 cm³/mol. The lowest BCUT2D eigenvalue weighted by Gasteiger charge is -2.42. The van der Waals surface area contributed by atoms with Crippen molar-refractivity contribution < 1.29 is 18.3 Å². The molecule has 1 amide bonds. The molecule has 0 saturated carbocycles. The zero-order valence-corrected chi connectivity index (χ0v) is 15.8. The number of carbonyl (C=O) groups is 1. The molecule has 1 aliphatic heterocycles. The fourth-order valence-electron chi connectivity index (χ4n) is 3.43. The van der Waals surface area contributed by atoms with Crippen molar-refractivity contribution in [2.24, 2.45) is 11.1 Å². The summed E-state index contributed by atoms with van der Waals surface area (Å²) in [5.41, 5.74) is 6.48. The highest BCUT2D eigenvalue weighted by Crippen LogP contribution is 2.31. The van der Waals surface area contributed by atoms with Gasteiger partial charge in [0.25, 0.3) is 5.91 Å². The van der Waals surface area contributed by atoms with Crippen LogP contribution in [-0.4, -0.2) is 37.0 Å². The Morgan fingerprint density at radius 3 is 2.52 bits per heavy atom. The van der Waals surface area contributed by atoms with Crippen molar-refractivity contribution in [1.29, 1.82) is 0 Å². The van der Waals surface area contributed by atoms with Crippen molar-refractivity contribution in [3.05, 3.63) is 53.6 Å². The van der Waals surface area contributed by atoms with E-state index in [1.165, 1.54) is 31.4 Å². The Morgan fingerprint density at radius 2 is 1.93 bits per heavy atom. The molecular formula is C21H24F2N2O2. The van der Waals surface area contributed by atoms with Gasteiger partial charge in [-0.2, -0.15) is 0 Å². The quantitative estimate of drug-likeness (QED) is 0.888. The van der Waals surface area contributed by atoms with Crippen LogP contribution in [0.1, 0.15) is 30.6 Å². The van der Waals surface area contributed by atoms with Crippen LogP contribution in [0.3, 0.4) is 0 Å². The summed E-state index contributed by atoms with van der Waals surface area (Å²) in [6, 6.07) is 8.55. The molecule has 6 heteroatoms. The number of carbonyl (C=O) groups excluding carboxylic acids is 1. The molecule has 0 aromatic heterocycles. The summed E-state index contributed by atoms with van der Waals surface area (Å²) in [7, 11) is 1.45. The lowest BCUT2D eigenvalue weighted by atomic mass is 9.79. The van der Waals surface area contributed by atoms with Gasteiger partial charge in [0.2, 0.25) is 0 Å². The number of hydrogen-bond acceptors (Lipinski definition) is 3. The Labute approximate surface area is 157 Å². The molecule has 1 heterocycles. The fraction of sp³-hybridized carbons (Fsp3) is 0.381. The van der Waals surface area contributed by atoms with Crippen LogP contribution < -0.4 is 10.5 Å². The Balaban J connectivity index is 1.86. The molecule has 2 aromatic carbocycles. The van der Waals surface area contributed by atoms with Gasteiger partial charge in [-0.15, -0.1) is 0 Å². The predicted octanol–water partition coefficient (Wildman–Crippen LogP) is 3.84. The summed E-state index contributed by atoms with van der Waals surface area (Å²) in [4.78, 5) is 14.4. The molecule has 1 aliphatic rings. The smallest absolute Gasteiger partial charge is 0.256 e. The largest absolute Gasteiger partial charge is 0.497 e. The van der Waals surface area contributed by atoms with E-state index in [4.69, 9.17) is 10.5 Å². The minimum absolute atomic E-state index is 0.00631.